The number of hydrogen-bond acceptors (Lipinski definition) is 4. The number of aromatic nitrogens is 4. The number of nitrogens with one attached hydrogen (secondary N) is 1. The minimum absolute atomic E-state index is 0.00472. The van der Waals surface area contributed by atoms with Gasteiger partial charge in [0, 0.05) is 31.9 Å². The van der Waals surface area contributed by atoms with Crippen LogP contribution in [0.25, 0.3) is 0 Å². The molecule has 2 aromatic heterocycles. The van der Waals surface area contributed by atoms with Crippen molar-refractivity contribution in [2.24, 2.45) is 7.05 Å². The fourth-order valence-corrected chi connectivity index (χ4v) is 1.87. The summed E-state index contributed by atoms with van der Waals surface area (Å²) in [6, 6.07) is 1.49. The Balaban J connectivity index is 2.17. The standard InChI is InChI=1S/C12H16FN5/c1-3-15-12(5-11-8-18(2)17-16-11)9-4-10(13)7-14-6-9/h4,6-8,12,15H,3,5H2,1-2H3. The largest absolute Gasteiger partial charge is 0.310 e. The topological polar surface area (TPSA) is 55.6 Å². The summed E-state index contributed by atoms with van der Waals surface area (Å²) in [5.41, 5.74) is 1.69. The molecule has 0 saturated carbocycles. The molecule has 6 heteroatoms. The summed E-state index contributed by atoms with van der Waals surface area (Å²) in [5.74, 6) is -0.324. The van der Waals surface area contributed by atoms with E-state index in [9.17, 15) is 4.39 Å². The van der Waals surface area contributed by atoms with Crippen molar-refractivity contribution >= 4 is 0 Å². The van der Waals surface area contributed by atoms with Crippen molar-refractivity contribution in [3.8, 4) is 0 Å². The molecule has 0 fully saturated rings. The van der Waals surface area contributed by atoms with Gasteiger partial charge in [0.15, 0.2) is 0 Å². The molecule has 96 valence electrons. The molecule has 0 aliphatic carbocycles. The molecule has 0 radical (unpaired) electrons. The average molecular weight is 249 g/mol. The predicted molar refractivity (Wildman–Crippen MR) is 65.3 cm³/mol. The molecule has 18 heavy (non-hydrogen) atoms. The minimum atomic E-state index is -0.324. The SMILES string of the molecule is CCNC(Cc1cn(C)nn1)c1cncc(F)c1. The van der Waals surface area contributed by atoms with Gasteiger partial charge in [0.05, 0.1) is 11.9 Å². The average Bonchev–Trinajstić information content (AvgIpc) is 2.74. The van der Waals surface area contributed by atoms with Gasteiger partial charge in [-0.3, -0.25) is 9.67 Å². The normalized spacial score (nSPS) is 12.6. The van der Waals surface area contributed by atoms with Crippen LogP contribution in [0.3, 0.4) is 0 Å². The second-order valence-corrected chi connectivity index (χ2v) is 4.13. The number of hydrogen-bond donors (Lipinski definition) is 1. The van der Waals surface area contributed by atoms with E-state index < -0.39 is 0 Å². The van der Waals surface area contributed by atoms with Crippen LogP contribution in [0.15, 0.2) is 24.7 Å². The molecule has 0 aliphatic heterocycles. The van der Waals surface area contributed by atoms with E-state index in [0.717, 1.165) is 17.8 Å². The molecule has 0 aromatic carbocycles. The summed E-state index contributed by atoms with van der Waals surface area (Å²) in [6.07, 6.45) is 5.39. The van der Waals surface area contributed by atoms with Crippen LogP contribution in [0.5, 0.6) is 0 Å². The van der Waals surface area contributed by atoms with Crippen LogP contribution in [-0.4, -0.2) is 26.5 Å². The fraction of sp³-hybridized carbons (Fsp3) is 0.417. The number of pyridine rings is 1. The lowest BCUT2D eigenvalue weighted by Crippen LogP contribution is -2.23. The summed E-state index contributed by atoms with van der Waals surface area (Å²) in [5, 5.41) is 11.2. The molecule has 1 unspecified atom stereocenters. The highest BCUT2D eigenvalue weighted by Gasteiger charge is 2.14. The highest BCUT2D eigenvalue weighted by molar-refractivity contribution is 5.17. The predicted octanol–water partition coefficient (Wildman–Crippen LogP) is 1.24. The summed E-state index contributed by atoms with van der Waals surface area (Å²) in [6.45, 7) is 2.80. The maximum absolute atomic E-state index is 13.2. The molecule has 2 aromatic rings. The second kappa shape index (κ2) is 5.68. The first-order valence-electron chi connectivity index (χ1n) is 5.88. The van der Waals surface area contributed by atoms with E-state index in [1.54, 1.807) is 10.9 Å². The zero-order chi connectivity index (χ0) is 13.0. The van der Waals surface area contributed by atoms with Gasteiger partial charge in [0.2, 0.25) is 0 Å². The molecule has 1 atom stereocenters. The van der Waals surface area contributed by atoms with Crippen molar-refractivity contribution < 1.29 is 4.39 Å². The summed E-state index contributed by atoms with van der Waals surface area (Å²) < 4.78 is 14.8. The summed E-state index contributed by atoms with van der Waals surface area (Å²) in [7, 11) is 1.82. The number of halogens is 1. The molecular formula is C12H16FN5. The van der Waals surface area contributed by atoms with Gasteiger partial charge in [-0.15, -0.1) is 5.10 Å². The van der Waals surface area contributed by atoms with E-state index in [2.05, 4.69) is 20.6 Å². The Hall–Kier alpha value is -1.82. The van der Waals surface area contributed by atoms with Crippen molar-refractivity contribution in [3.63, 3.8) is 0 Å². The fourth-order valence-electron chi connectivity index (χ4n) is 1.87. The lowest BCUT2D eigenvalue weighted by atomic mass is 10.0. The Morgan fingerprint density at radius 2 is 2.28 bits per heavy atom. The first kappa shape index (κ1) is 12.6. The third-order valence-electron chi connectivity index (χ3n) is 2.64. The summed E-state index contributed by atoms with van der Waals surface area (Å²) >= 11 is 0. The number of likely N-dealkylation sites (N-methyl/N-ethyl adjacent to an activating group) is 1. The molecule has 0 aliphatic rings. The van der Waals surface area contributed by atoms with Crippen LogP contribution in [0.1, 0.15) is 24.2 Å². The molecule has 1 N–H and O–H groups in total. The van der Waals surface area contributed by atoms with Crippen molar-refractivity contribution in [3.05, 3.63) is 41.7 Å². The molecule has 0 saturated heterocycles. The second-order valence-electron chi connectivity index (χ2n) is 4.13. The highest BCUT2D eigenvalue weighted by Crippen LogP contribution is 2.17. The molecule has 0 spiro atoms. The molecule has 5 nitrogen and oxygen atoms in total. The van der Waals surface area contributed by atoms with E-state index in [0.29, 0.717) is 6.42 Å². The minimum Gasteiger partial charge on any atom is -0.310 e. The smallest absolute Gasteiger partial charge is 0.141 e. The lowest BCUT2D eigenvalue weighted by molar-refractivity contribution is 0.534. The van der Waals surface area contributed by atoms with Gasteiger partial charge in [0.1, 0.15) is 5.82 Å². The number of aryl methyl sites for hydroxylation is 1. The van der Waals surface area contributed by atoms with Gasteiger partial charge in [0.25, 0.3) is 0 Å². The highest BCUT2D eigenvalue weighted by atomic mass is 19.1. The Morgan fingerprint density at radius 1 is 1.44 bits per heavy atom. The van der Waals surface area contributed by atoms with Crippen LogP contribution in [0, 0.1) is 5.82 Å². The van der Waals surface area contributed by atoms with Crippen molar-refractivity contribution in [2.45, 2.75) is 19.4 Å². The van der Waals surface area contributed by atoms with E-state index >= 15 is 0 Å². The first-order valence-corrected chi connectivity index (χ1v) is 5.88. The molecule has 2 rings (SSSR count). The zero-order valence-corrected chi connectivity index (χ0v) is 10.5. The van der Waals surface area contributed by atoms with Gasteiger partial charge in [-0.25, -0.2) is 4.39 Å². The first-order chi connectivity index (χ1) is 8.69. The van der Waals surface area contributed by atoms with Crippen molar-refractivity contribution in [1.29, 1.82) is 0 Å². The Labute approximate surface area is 105 Å². The van der Waals surface area contributed by atoms with Crippen LogP contribution in [0.2, 0.25) is 0 Å². The molecular weight excluding hydrogens is 233 g/mol. The van der Waals surface area contributed by atoms with E-state index in [4.69, 9.17) is 0 Å². The van der Waals surface area contributed by atoms with Gasteiger partial charge < -0.3 is 5.32 Å². The quantitative estimate of drug-likeness (QED) is 0.866. The molecule has 2 heterocycles. The number of nitrogens with zero attached hydrogens (tertiary/aromatic N) is 4. The zero-order valence-electron chi connectivity index (χ0n) is 10.5. The van der Waals surface area contributed by atoms with E-state index in [1.165, 1.54) is 12.3 Å². The molecule has 0 bridgehead atoms. The Bertz CT molecular complexity index is 511. The van der Waals surface area contributed by atoms with Crippen LogP contribution >= 0.6 is 0 Å². The Kier molecular flexibility index (Phi) is 3.99. The lowest BCUT2D eigenvalue weighted by Gasteiger charge is -2.16. The van der Waals surface area contributed by atoms with Crippen LogP contribution in [0.4, 0.5) is 4.39 Å². The van der Waals surface area contributed by atoms with Crippen LogP contribution < -0.4 is 5.32 Å². The van der Waals surface area contributed by atoms with Gasteiger partial charge in [-0.05, 0) is 18.2 Å². The maximum Gasteiger partial charge on any atom is 0.141 e. The van der Waals surface area contributed by atoms with E-state index in [-0.39, 0.29) is 11.9 Å². The van der Waals surface area contributed by atoms with Gasteiger partial charge in [-0.2, -0.15) is 0 Å². The monoisotopic (exact) mass is 249 g/mol. The van der Waals surface area contributed by atoms with Crippen molar-refractivity contribution in [1.82, 2.24) is 25.3 Å². The van der Waals surface area contributed by atoms with Crippen molar-refractivity contribution in [2.75, 3.05) is 6.54 Å². The summed E-state index contributed by atoms with van der Waals surface area (Å²) in [4.78, 5) is 3.88. The maximum atomic E-state index is 13.2. The third kappa shape index (κ3) is 3.10. The number of rotatable bonds is 5. The van der Waals surface area contributed by atoms with Gasteiger partial charge in [-0.1, -0.05) is 12.1 Å². The Morgan fingerprint density at radius 3 is 2.89 bits per heavy atom. The van der Waals surface area contributed by atoms with Gasteiger partial charge >= 0.3 is 0 Å². The van der Waals surface area contributed by atoms with Crippen LogP contribution in [-0.2, 0) is 13.5 Å². The third-order valence-corrected chi connectivity index (χ3v) is 2.64. The molecule has 0 amide bonds. The van der Waals surface area contributed by atoms with E-state index in [1.807, 2.05) is 20.2 Å².